The van der Waals surface area contributed by atoms with Crippen molar-refractivity contribution in [3.63, 3.8) is 0 Å². The average Bonchev–Trinajstić information content (AvgIpc) is 3.31. The van der Waals surface area contributed by atoms with Gasteiger partial charge in [-0.2, -0.15) is 0 Å². The zero-order valence-electron chi connectivity index (χ0n) is 16.2. The molecule has 4 rings (SSSR count). The molecule has 0 spiro atoms. The van der Waals surface area contributed by atoms with Gasteiger partial charge in [-0.05, 0) is 43.7 Å². The summed E-state index contributed by atoms with van der Waals surface area (Å²) in [7, 11) is 0. The number of amides is 2. The van der Waals surface area contributed by atoms with E-state index in [-0.39, 0.29) is 24.9 Å². The van der Waals surface area contributed by atoms with E-state index in [1.807, 2.05) is 0 Å². The highest BCUT2D eigenvalue weighted by molar-refractivity contribution is 6.03. The van der Waals surface area contributed by atoms with Gasteiger partial charge in [0, 0.05) is 17.4 Å². The van der Waals surface area contributed by atoms with Crippen molar-refractivity contribution in [2.45, 2.75) is 20.4 Å². The number of nitrogens with one attached hydrogen (secondary N) is 2. The summed E-state index contributed by atoms with van der Waals surface area (Å²) >= 11 is 0. The molecule has 2 N–H and O–H groups in total. The van der Waals surface area contributed by atoms with E-state index in [2.05, 4.69) is 20.9 Å². The van der Waals surface area contributed by atoms with Gasteiger partial charge in [-0.15, -0.1) is 5.10 Å². The second kappa shape index (κ2) is 7.82. The third-order valence-electron chi connectivity index (χ3n) is 4.58. The standard InChI is InChI=1S/C20H18FN5O4/c1-11-3-4-13(7-15(11)21)23-20(28)19-12(2)26(25-24-19)9-18(27)22-14-5-6-16-17(8-14)30-10-29-16/h3-8H,9-10H2,1-2H3,(H,22,27)(H,23,28). The van der Waals surface area contributed by atoms with Crippen LogP contribution in [0.3, 0.4) is 0 Å². The Morgan fingerprint density at radius 3 is 2.60 bits per heavy atom. The molecule has 2 amide bonds. The van der Waals surface area contributed by atoms with Gasteiger partial charge in [0.2, 0.25) is 12.7 Å². The summed E-state index contributed by atoms with van der Waals surface area (Å²) in [6, 6.07) is 9.44. The van der Waals surface area contributed by atoms with E-state index < -0.39 is 11.7 Å². The van der Waals surface area contributed by atoms with Crippen LogP contribution in [0.2, 0.25) is 0 Å². The molecule has 0 saturated carbocycles. The number of carbonyl (C=O) groups excluding carboxylic acids is 2. The van der Waals surface area contributed by atoms with Gasteiger partial charge in [0.1, 0.15) is 12.4 Å². The minimum absolute atomic E-state index is 0.0480. The Morgan fingerprint density at radius 2 is 1.80 bits per heavy atom. The fraction of sp³-hybridized carbons (Fsp3) is 0.200. The van der Waals surface area contributed by atoms with Gasteiger partial charge in [-0.1, -0.05) is 11.3 Å². The smallest absolute Gasteiger partial charge is 0.278 e. The first-order valence-electron chi connectivity index (χ1n) is 9.08. The number of halogens is 1. The van der Waals surface area contributed by atoms with Gasteiger partial charge < -0.3 is 20.1 Å². The molecule has 2 aromatic carbocycles. The van der Waals surface area contributed by atoms with Crippen LogP contribution in [0.4, 0.5) is 15.8 Å². The van der Waals surface area contributed by atoms with Gasteiger partial charge in [-0.25, -0.2) is 9.07 Å². The lowest BCUT2D eigenvalue weighted by atomic mass is 10.2. The van der Waals surface area contributed by atoms with E-state index >= 15 is 0 Å². The maximum Gasteiger partial charge on any atom is 0.278 e. The lowest BCUT2D eigenvalue weighted by Crippen LogP contribution is -2.21. The molecule has 30 heavy (non-hydrogen) atoms. The van der Waals surface area contributed by atoms with Gasteiger partial charge in [0.25, 0.3) is 5.91 Å². The number of hydrogen-bond donors (Lipinski definition) is 2. The fourth-order valence-corrected chi connectivity index (χ4v) is 2.89. The van der Waals surface area contributed by atoms with E-state index in [0.29, 0.717) is 34.1 Å². The third kappa shape index (κ3) is 3.93. The van der Waals surface area contributed by atoms with Crippen molar-refractivity contribution in [3.05, 3.63) is 59.2 Å². The second-order valence-corrected chi connectivity index (χ2v) is 6.72. The van der Waals surface area contributed by atoms with Crippen LogP contribution < -0.4 is 20.1 Å². The summed E-state index contributed by atoms with van der Waals surface area (Å²) < 4.78 is 25.5. The van der Waals surface area contributed by atoms with Crippen LogP contribution in [0.5, 0.6) is 11.5 Å². The van der Waals surface area contributed by atoms with Crippen molar-refractivity contribution in [3.8, 4) is 11.5 Å². The molecule has 0 fully saturated rings. The Bertz CT molecular complexity index is 1140. The minimum Gasteiger partial charge on any atom is -0.454 e. The quantitative estimate of drug-likeness (QED) is 0.668. The maximum absolute atomic E-state index is 13.7. The van der Waals surface area contributed by atoms with E-state index in [4.69, 9.17) is 9.47 Å². The van der Waals surface area contributed by atoms with Crippen LogP contribution in [-0.4, -0.2) is 33.6 Å². The number of hydrogen-bond acceptors (Lipinski definition) is 6. The number of benzene rings is 2. The monoisotopic (exact) mass is 411 g/mol. The summed E-state index contributed by atoms with van der Waals surface area (Å²) in [5.41, 5.74) is 1.77. The SMILES string of the molecule is Cc1ccc(NC(=O)c2nnn(CC(=O)Nc3ccc4c(c3)OCO4)c2C)cc1F. The molecule has 0 bridgehead atoms. The minimum atomic E-state index is -0.543. The Hall–Kier alpha value is -3.95. The van der Waals surface area contributed by atoms with E-state index in [1.54, 1.807) is 44.2 Å². The zero-order valence-corrected chi connectivity index (χ0v) is 16.2. The molecule has 1 aliphatic rings. The van der Waals surface area contributed by atoms with Gasteiger partial charge in [-0.3, -0.25) is 9.59 Å². The van der Waals surface area contributed by atoms with Gasteiger partial charge in [0.15, 0.2) is 17.2 Å². The molecular formula is C20H18FN5O4. The number of nitrogens with zero attached hydrogens (tertiary/aromatic N) is 3. The average molecular weight is 411 g/mol. The Labute approximate surface area is 170 Å². The zero-order chi connectivity index (χ0) is 21.3. The first kappa shape index (κ1) is 19.4. The molecule has 10 heteroatoms. The van der Waals surface area contributed by atoms with Crippen molar-refractivity contribution in [2.24, 2.45) is 0 Å². The molecular weight excluding hydrogens is 393 g/mol. The second-order valence-electron chi connectivity index (χ2n) is 6.72. The van der Waals surface area contributed by atoms with Crippen LogP contribution >= 0.6 is 0 Å². The summed E-state index contributed by atoms with van der Waals surface area (Å²) in [6.45, 7) is 3.26. The number of rotatable bonds is 5. The summed E-state index contributed by atoms with van der Waals surface area (Å²) in [4.78, 5) is 24.8. The molecule has 1 aliphatic heterocycles. The van der Waals surface area contributed by atoms with E-state index in [0.717, 1.165) is 0 Å². The molecule has 154 valence electrons. The predicted octanol–water partition coefficient (Wildman–Crippen LogP) is 2.65. The fourth-order valence-electron chi connectivity index (χ4n) is 2.89. The first-order valence-corrected chi connectivity index (χ1v) is 9.08. The molecule has 3 aromatic rings. The molecule has 0 radical (unpaired) electrons. The Kier molecular flexibility index (Phi) is 5.05. The van der Waals surface area contributed by atoms with Crippen molar-refractivity contribution in [2.75, 3.05) is 17.4 Å². The number of carbonyl (C=O) groups is 2. The van der Waals surface area contributed by atoms with Crippen LogP contribution in [0.25, 0.3) is 0 Å². The summed E-state index contributed by atoms with van der Waals surface area (Å²) in [5, 5.41) is 13.0. The number of ether oxygens (including phenoxy) is 2. The number of aromatic nitrogens is 3. The molecule has 0 unspecified atom stereocenters. The van der Waals surface area contributed by atoms with Crippen LogP contribution in [0, 0.1) is 19.7 Å². The number of aryl methyl sites for hydroxylation is 1. The van der Waals surface area contributed by atoms with Crippen LogP contribution in [-0.2, 0) is 11.3 Å². The summed E-state index contributed by atoms with van der Waals surface area (Å²) in [5.74, 6) is -0.151. The topological polar surface area (TPSA) is 107 Å². The van der Waals surface area contributed by atoms with Crippen molar-refractivity contribution in [1.82, 2.24) is 15.0 Å². The molecule has 0 saturated heterocycles. The molecule has 9 nitrogen and oxygen atoms in total. The maximum atomic E-state index is 13.7. The van der Waals surface area contributed by atoms with Crippen molar-refractivity contribution < 1.29 is 23.5 Å². The normalized spacial score (nSPS) is 12.0. The highest BCUT2D eigenvalue weighted by Gasteiger charge is 2.19. The highest BCUT2D eigenvalue weighted by atomic mass is 19.1. The lowest BCUT2D eigenvalue weighted by Gasteiger charge is -2.08. The predicted molar refractivity (Wildman–Crippen MR) is 105 cm³/mol. The number of fused-ring (bicyclic) bond motifs is 1. The molecule has 2 heterocycles. The van der Waals surface area contributed by atoms with E-state index in [1.165, 1.54) is 10.7 Å². The largest absolute Gasteiger partial charge is 0.454 e. The lowest BCUT2D eigenvalue weighted by molar-refractivity contribution is -0.117. The molecule has 0 atom stereocenters. The van der Waals surface area contributed by atoms with Gasteiger partial charge >= 0.3 is 0 Å². The Balaban J connectivity index is 1.41. The van der Waals surface area contributed by atoms with Crippen molar-refractivity contribution in [1.29, 1.82) is 0 Å². The molecule has 1 aromatic heterocycles. The highest BCUT2D eigenvalue weighted by Crippen LogP contribution is 2.34. The Morgan fingerprint density at radius 1 is 1.07 bits per heavy atom. The molecule has 0 aliphatic carbocycles. The van der Waals surface area contributed by atoms with Crippen molar-refractivity contribution >= 4 is 23.2 Å². The third-order valence-corrected chi connectivity index (χ3v) is 4.58. The summed E-state index contributed by atoms with van der Waals surface area (Å²) in [6.07, 6.45) is 0. The van der Waals surface area contributed by atoms with E-state index in [9.17, 15) is 14.0 Å². The van der Waals surface area contributed by atoms with Crippen LogP contribution in [0.1, 0.15) is 21.7 Å². The first-order chi connectivity index (χ1) is 14.4. The number of anilines is 2. The van der Waals surface area contributed by atoms with Gasteiger partial charge in [0.05, 0.1) is 5.69 Å². The van der Waals surface area contributed by atoms with Crippen LogP contribution in [0.15, 0.2) is 36.4 Å².